The van der Waals surface area contributed by atoms with E-state index in [1.54, 1.807) is 26.4 Å². The lowest BCUT2D eigenvalue weighted by molar-refractivity contribution is -0.111. The second kappa shape index (κ2) is 7.07. The number of nitrogens with one attached hydrogen (secondary N) is 1. The quantitative estimate of drug-likeness (QED) is 0.716. The number of carbonyl (C=O) groups excluding carboxylic acids is 1. The molecule has 3 aromatic rings. The van der Waals surface area contributed by atoms with Crippen LogP contribution in [0.25, 0.3) is 10.9 Å². The maximum Gasteiger partial charge on any atom is 0.248 e. The van der Waals surface area contributed by atoms with Crippen LogP contribution in [0.1, 0.15) is 12.5 Å². The third-order valence-electron chi connectivity index (χ3n) is 4.65. The Hall–Kier alpha value is -3.41. The average Bonchev–Trinajstić information content (AvgIpc) is 3.11. The van der Waals surface area contributed by atoms with E-state index in [-0.39, 0.29) is 5.91 Å². The highest BCUT2D eigenvalue weighted by molar-refractivity contribution is 6.03. The number of para-hydroxylation sites is 1. The Morgan fingerprint density at radius 3 is 2.93 bits per heavy atom. The predicted molar refractivity (Wildman–Crippen MR) is 107 cm³/mol. The summed E-state index contributed by atoms with van der Waals surface area (Å²) in [6, 6.07) is 12.0. The molecule has 4 rings (SSSR count). The van der Waals surface area contributed by atoms with Gasteiger partial charge in [0.15, 0.2) is 0 Å². The minimum Gasteiger partial charge on any atom is -0.494 e. The molecule has 27 heavy (non-hydrogen) atoms. The zero-order valence-corrected chi connectivity index (χ0v) is 15.3. The fourth-order valence-corrected chi connectivity index (χ4v) is 3.44. The number of amides is 1. The van der Waals surface area contributed by atoms with Gasteiger partial charge in [-0.05, 0) is 37.1 Å². The summed E-state index contributed by atoms with van der Waals surface area (Å²) in [6.45, 7) is 2.66. The molecule has 1 aliphatic heterocycles. The van der Waals surface area contributed by atoms with E-state index in [4.69, 9.17) is 4.74 Å². The molecule has 6 heteroatoms. The summed E-state index contributed by atoms with van der Waals surface area (Å²) < 4.78 is 5.44. The van der Waals surface area contributed by atoms with Crippen molar-refractivity contribution in [1.82, 2.24) is 9.97 Å². The van der Waals surface area contributed by atoms with Crippen LogP contribution in [0.3, 0.4) is 0 Å². The van der Waals surface area contributed by atoms with Crippen molar-refractivity contribution in [2.24, 2.45) is 0 Å². The number of aromatic nitrogens is 2. The molecule has 2 aromatic carbocycles. The van der Waals surface area contributed by atoms with Crippen molar-refractivity contribution in [2.45, 2.75) is 13.3 Å². The molecular weight excluding hydrogens is 340 g/mol. The van der Waals surface area contributed by atoms with Gasteiger partial charge in [0.25, 0.3) is 0 Å². The second-order valence-electron chi connectivity index (χ2n) is 6.29. The number of hydrogen-bond acceptors (Lipinski definition) is 5. The third-order valence-corrected chi connectivity index (χ3v) is 4.65. The minimum atomic E-state index is -0.208. The van der Waals surface area contributed by atoms with Gasteiger partial charge < -0.3 is 15.0 Å². The summed E-state index contributed by atoms with van der Waals surface area (Å²) in [5.41, 5.74) is 3.83. The maximum absolute atomic E-state index is 12.0. The highest BCUT2D eigenvalue weighted by Crippen LogP contribution is 2.39. The van der Waals surface area contributed by atoms with E-state index in [1.165, 1.54) is 11.6 Å². The van der Waals surface area contributed by atoms with Gasteiger partial charge in [0.05, 0.1) is 18.3 Å². The molecule has 2 heterocycles. The highest BCUT2D eigenvalue weighted by Gasteiger charge is 2.23. The van der Waals surface area contributed by atoms with Crippen molar-refractivity contribution in [1.29, 1.82) is 0 Å². The lowest BCUT2D eigenvalue weighted by Gasteiger charge is -2.20. The molecule has 0 spiro atoms. The van der Waals surface area contributed by atoms with Crippen LogP contribution in [0.4, 0.5) is 17.2 Å². The molecule has 0 saturated carbocycles. The summed E-state index contributed by atoms with van der Waals surface area (Å²) in [5.74, 6) is 1.18. The molecule has 0 aliphatic carbocycles. The second-order valence-corrected chi connectivity index (χ2v) is 6.29. The lowest BCUT2D eigenvalue weighted by atomic mass is 10.1. The number of benzene rings is 2. The van der Waals surface area contributed by atoms with Gasteiger partial charge in [-0.25, -0.2) is 9.97 Å². The normalized spacial score (nSPS) is 13.2. The molecule has 1 aliphatic rings. The van der Waals surface area contributed by atoms with Crippen molar-refractivity contribution < 1.29 is 9.53 Å². The van der Waals surface area contributed by atoms with Crippen molar-refractivity contribution in [2.75, 3.05) is 23.9 Å². The van der Waals surface area contributed by atoms with E-state index in [2.05, 4.69) is 38.4 Å². The zero-order valence-electron chi connectivity index (χ0n) is 15.3. The molecule has 0 fully saturated rings. The maximum atomic E-state index is 12.0. The Balaban J connectivity index is 1.84. The number of allylic oxidation sites excluding steroid dienone is 1. The van der Waals surface area contributed by atoms with Gasteiger partial charge in [0.1, 0.15) is 17.9 Å². The van der Waals surface area contributed by atoms with E-state index in [1.807, 2.05) is 18.2 Å². The van der Waals surface area contributed by atoms with Crippen LogP contribution in [-0.4, -0.2) is 29.5 Å². The van der Waals surface area contributed by atoms with E-state index in [9.17, 15) is 4.79 Å². The number of methoxy groups -OCH3 is 1. The molecule has 6 nitrogen and oxygen atoms in total. The van der Waals surface area contributed by atoms with Crippen molar-refractivity contribution in [3.63, 3.8) is 0 Å². The largest absolute Gasteiger partial charge is 0.494 e. The van der Waals surface area contributed by atoms with E-state index >= 15 is 0 Å². The van der Waals surface area contributed by atoms with E-state index in [0.717, 1.165) is 35.4 Å². The van der Waals surface area contributed by atoms with Crippen LogP contribution in [0.5, 0.6) is 5.75 Å². The third kappa shape index (κ3) is 3.10. The number of nitrogens with zero attached hydrogens (tertiary/aromatic N) is 3. The van der Waals surface area contributed by atoms with Crippen LogP contribution in [0, 0.1) is 0 Å². The minimum absolute atomic E-state index is 0.208. The number of hydrogen-bond donors (Lipinski definition) is 1. The molecule has 1 amide bonds. The Morgan fingerprint density at radius 2 is 2.11 bits per heavy atom. The van der Waals surface area contributed by atoms with Gasteiger partial charge in [0.2, 0.25) is 5.91 Å². The van der Waals surface area contributed by atoms with Crippen LogP contribution < -0.4 is 15.0 Å². The van der Waals surface area contributed by atoms with Crippen LogP contribution >= 0.6 is 0 Å². The van der Waals surface area contributed by atoms with Crippen LogP contribution in [0.15, 0.2) is 54.9 Å². The van der Waals surface area contributed by atoms with Crippen LogP contribution in [-0.2, 0) is 11.2 Å². The summed E-state index contributed by atoms with van der Waals surface area (Å²) in [6.07, 6.45) is 5.71. The topological polar surface area (TPSA) is 67.4 Å². The molecule has 1 N–H and O–H groups in total. The summed E-state index contributed by atoms with van der Waals surface area (Å²) >= 11 is 0. The molecular formula is C21H20N4O2. The zero-order chi connectivity index (χ0) is 18.8. The van der Waals surface area contributed by atoms with Gasteiger partial charge in [-0.15, -0.1) is 0 Å². The highest BCUT2D eigenvalue weighted by atomic mass is 16.5. The summed E-state index contributed by atoms with van der Waals surface area (Å²) in [4.78, 5) is 23.2. The fourth-order valence-electron chi connectivity index (χ4n) is 3.44. The number of fused-ring (bicyclic) bond motifs is 2. The monoisotopic (exact) mass is 360 g/mol. The predicted octanol–water partition coefficient (Wildman–Crippen LogP) is 3.85. The fraction of sp³-hybridized carbons (Fsp3) is 0.190. The van der Waals surface area contributed by atoms with Crippen molar-refractivity contribution in [3.05, 3.63) is 60.4 Å². The Morgan fingerprint density at radius 1 is 1.26 bits per heavy atom. The molecule has 136 valence electrons. The van der Waals surface area contributed by atoms with E-state index < -0.39 is 0 Å². The first-order valence-electron chi connectivity index (χ1n) is 8.83. The van der Waals surface area contributed by atoms with Gasteiger partial charge in [0, 0.05) is 23.7 Å². The SMILES string of the molecule is C/C=C/C(=O)Nc1cc2c(N3CCc4ccccc43)ncnc2cc1OC. The number of rotatable bonds is 4. The van der Waals surface area contributed by atoms with Crippen molar-refractivity contribution in [3.8, 4) is 5.75 Å². The lowest BCUT2D eigenvalue weighted by Crippen LogP contribution is -2.16. The van der Waals surface area contributed by atoms with Gasteiger partial charge >= 0.3 is 0 Å². The van der Waals surface area contributed by atoms with Gasteiger partial charge in [-0.3, -0.25) is 4.79 Å². The molecule has 1 aromatic heterocycles. The summed E-state index contributed by atoms with van der Waals surface area (Å²) in [7, 11) is 1.57. The molecule has 0 saturated heterocycles. The number of carbonyl (C=O) groups is 1. The Bertz CT molecular complexity index is 1050. The molecule has 0 radical (unpaired) electrons. The van der Waals surface area contributed by atoms with Crippen LogP contribution in [0.2, 0.25) is 0 Å². The Labute approximate surface area is 157 Å². The first-order valence-corrected chi connectivity index (χ1v) is 8.83. The smallest absolute Gasteiger partial charge is 0.248 e. The summed E-state index contributed by atoms with van der Waals surface area (Å²) in [5, 5.41) is 3.73. The first-order chi connectivity index (χ1) is 13.2. The average molecular weight is 360 g/mol. The standard InChI is InChI=1S/C21H20N4O2/c1-3-6-20(26)24-17-11-15-16(12-19(17)27-2)22-13-23-21(15)25-10-9-14-7-4-5-8-18(14)25/h3-8,11-13H,9-10H2,1-2H3,(H,24,26)/b6-3+. The molecule has 0 bridgehead atoms. The Kier molecular flexibility index (Phi) is 4.46. The molecule has 0 unspecified atom stereocenters. The van der Waals surface area contributed by atoms with Gasteiger partial charge in [-0.1, -0.05) is 24.3 Å². The number of ether oxygens (including phenoxy) is 1. The first kappa shape index (κ1) is 17.0. The number of anilines is 3. The molecule has 0 atom stereocenters. The van der Waals surface area contributed by atoms with Crippen molar-refractivity contribution >= 4 is 34.0 Å². The van der Waals surface area contributed by atoms with Gasteiger partial charge in [-0.2, -0.15) is 0 Å². The van der Waals surface area contributed by atoms with E-state index in [0.29, 0.717) is 11.4 Å².